The molecule has 2 aromatic rings. The highest BCUT2D eigenvalue weighted by molar-refractivity contribution is 8.00. The zero-order chi connectivity index (χ0) is 24.4. The molecule has 0 radical (unpaired) electrons. The van der Waals surface area contributed by atoms with Gasteiger partial charge < -0.3 is 21.0 Å². The van der Waals surface area contributed by atoms with E-state index in [1.54, 1.807) is 13.8 Å². The molecule has 34 heavy (non-hydrogen) atoms. The SMILES string of the molecule is CC(C)O/N=C(\C(=O)NC1C(=O)N2C(C(=O)O)=C(C[n+]3ccccc3)CS[C@H]12)c1nsc(N)n1. The van der Waals surface area contributed by atoms with E-state index in [1.165, 1.54) is 16.7 Å². The van der Waals surface area contributed by atoms with Gasteiger partial charge in [-0.2, -0.15) is 9.36 Å². The van der Waals surface area contributed by atoms with Gasteiger partial charge in [-0.25, -0.2) is 9.36 Å². The van der Waals surface area contributed by atoms with Crippen LogP contribution in [0.15, 0.2) is 47.0 Å². The van der Waals surface area contributed by atoms with E-state index < -0.39 is 29.2 Å². The van der Waals surface area contributed by atoms with Crippen molar-refractivity contribution in [3.63, 3.8) is 0 Å². The number of fused-ring (bicyclic) bond motifs is 1. The summed E-state index contributed by atoms with van der Waals surface area (Å²) in [5.41, 5.74) is 5.96. The number of oxime groups is 1. The number of amides is 2. The maximum absolute atomic E-state index is 13.0. The fraction of sp³-hybridized carbons (Fsp3) is 0.350. The molecule has 2 amide bonds. The highest BCUT2D eigenvalue weighted by Gasteiger charge is 2.54. The van der Waals surface area contributed by atoms with Crippen molar-refractivity contribution in [2.24, 2.45) is 5.16 Å². The van der Waals surface area contributed by atoms with Gasteiger partial charge in [-0.05, 0) is 13.8 Å². The number of carboxylic acid groups (broad SMARTS) is 1. The first-order valence-corrected chi connectivity index (χ1v) is 12.1. The number of aromatic nitrogens is 3. The summed E-state index contributed by atoms with van der Waals surface area (Å²) in [6.45, 7) is 3.81. The number of thioether (sulfide) groups is 1. The van der Waals surface area contributed by atoms with Crippen LogP contribution in [-0.2, 0) is 25.8 Å². The Morgan fingerprint density at radius 1 is 1.38 bits per heavy atom. The smallest absolute Gasteiger partial charge is 0.352 e. The van der Waals surface area contributed by atoms with Gasteiger partial charge in [0.15, 0.2) is 24.1 Å². The molecule has 2 aromatic heterocycles. The van der Waals surface area contributed by atoms with Gasteiger partial charge in [0.2, 0.25) is 11.5 Å². The lowest BCUT2D eigenvalue weighted by Crippen LogP contribution is -2.71. The second-order valence-corrected chi connectivity index (χ2v) is 9.60. The molecule has 2 atom stereocenters. The van der Waals surface area contributed by atoms with Crippen molar-refractivity contribution in [2.45, 2.75) is 37.9 Å². The number of nitrogen functional groups attached to an aromatic ring is 1. The average molecular weight is 505 g/mol. The molecule has 14 heteroatoms. The van der Waals surface area contributed by atoms with Crippen LogP contribution in [0.1, 0.15) is 19.7 Å². The van der Waals surface area contributed by atoms with Gasteiger partial charge in [0, 0.05) is 35.0 Å². The van der Waals surface area contributed by atoms with Gasteiger partial charge in [0.1, 0.15) is 23.2 Å². The van der Waals surface area contributed by atoms with Gasteiger partial charge in [-0.15, -0.1) is 11.8 Å². The van der Waals surface area contributed by atoms with E-state index in [9.17, 15) is 19.5 Å². The first kappa shape index (κ1) is 23.6. The molecule has 4 rings (SSSR count). The summed E-state index contributed by atoms with van der Waals surface area (Å²) in [6.07, 6.45) is 3.34. The normalized spacial score (nSPS) is 20.1. The second-order valence-electron chi connectivity index (χ2n) is 7.72. The van der Waals surface area contributed by atoms with E-state index >= 15 is 0 Å². The molecule has 2 aliphatic heterocycles. The number of pyridine rings is 1. The highest BCUT2D eigenvalue weighted by Crippen LogP contribution is 2.40. The first-order chi connectivity index (χ1) is 16.3. The summed E-state index contributed by atoms with van der Waals surface area (Å²) < 4.78 is 5.84. The van der Waals surface area contributed by atoms with Crippen LogP contribution in [0.4, 0.5) is 5.13 Å². The molecule has 1 saturated heterocycles. The molecule has 1 unspecified atom stereocenters. The second kappa shape index (κ2) is 9.77. The summed E-state index contributed by atoms with van der Waals surface area (Å²) >= 11 is 2.27. The number of rotatable bonds is 8. The van der Waals surface area contributed by atoms with E-state index in [0.29, 0.717) is 17.9 Å². The molecule has 1 fully saturated rings. The Hall–Kier alpha value is -3.52. The van der Waals surface area contributed by atoms with Crippen molar-refractivity contribution in [1.82, 2.24) is 19.6 Å². The lowest BCUT2D eigenvalue weighted by Gasteiger charge is -2.49. The molecule has 0 bridgehead atoms. The molecule has 2 aliphatic rings. The molecule has 0 aromatic carbocycles. The lowest BCUT2D eigenvalue weighted by molar-refractivity contribution is -0.689. The van der Waals surface area contributed by atoms with Crippen molar-refractivity contribution in [2.75, 3.05) is 11.5 Å². The van der Waals surface area contributed by atoms with Crippen LogP contribution in [0.2, 0.25) is 0 Å². The molecular weight excluding hydrogens is 482 g/mol. The van der Waals surface area contributed by atoms with E-state index in [1.807, 2.05) is 35.2 Å². The summed E-state index contributed by atoms with van der Waals surface area (Å²) in [5.74, 6) is -2.05. The number of nitrogens with two attached hydrogens (primary N) is 1. The van der Waals surface area contributed by atoms with Crippen LogP contribution in [-0.4, -0.2) is 66.1 Å². The van der Waals surface area contributed by atoms with E-state index in [4.69, 9.17) is 10.6 Å². The predicted molar refractivity (Wildman–Crippen MR) is 123 cm³/mol. The van der Waals surface area contributed by atoms with Gasteiger partial charge in [-0.3, -0.25) is 14.5 Å². The number of nitrogens with zero attached hydrogens (tertiary/aromatic N) is 5. The van der Waals surface area contributed by atoms with Crippen LogP contribution >= 0.6 is 23.3 Å². The number of carbonyl (C=O) groups excluding carboxylic acids is 2. The predicted octanol–water partition coefficient (Wildman–Crippen LogP) is -0.0243. The summed E-state index contributed by atoms with van der Waals surface area (Å²) in [7, 11) is 0. The lowest BCUT2D eigenvalue weighted by atomic mass is 10.0. The zero-order valence-electron chi connectivity index (χ0n) is 18.2. The monoisotopic (exact) mass is 504 g/mol. The van der Waals surface area contributed by atoms with Crippen LogP contribution < -0.4 is 15.6 Å². The van der Waals surface area contributed by atoms with Gasteiger partial charge in [0.05, 0.1) is 0 Å². The van der Waals surface area contributed by atoms with E-state index in [2.05, 4.69) is 19.8 Å². The molecule has 178 valence electrons. The van der Waals surface area contributed by atoms with Crippen LogP contribution in [0.25, 0.3) is 0 Å². The average Bonchev–Trinajstić information content (AvgIpc) is 3.23. The molecular formula is C20H22N7O5S2+. The van der Waals surface area contributed by atoms with Crippen molar-refractivity contribution >= 4 is 51.9 Å². The molecule has 0 aliphatic carbocycles. The number of anilines is 1. The minimum absolute atomic E-state index is 0.0196. The number of hydrogen-bond donors (Lipinski definition) is 3. The Morgan fingerprint density at radius 2 is 2.12 bits per heavy atom. The maximum atomic E-state index is 13.0. The Labute approximate surface area is 202 Å². The summed E-state index contributed by atoms with van der Waals surface area (Å²) in [5, 5.41) is 15.9. The van der Waals surface area contributed by atoms with Crippen LogP contribution in [0.3, 0.4) is 0 Å². The Morgan fingerprint density at radius 3 is 2.74 bits per heavy atom. The number of nitrogens with one attached hydrogen (secondary N) is 1. The van der Waals surface area contributed by atoms with E-state index in [0.717, 1.165) is 11.5 Å². The Kier molecular flexibility index (Phi) is 6.79. The Balaban J connectivity index is 1.53. The molecule has 4 heterocycles. The minimum atomic E-state index is -1.19. The Bertz CT molecular complexity index is 1180. The largest absolute Gasteiger partial charge is 0.477 e. The van der Waals surface area contributed by atoms with Gasteiger partial charge in [0.25, 0.3) is 11.8 Å². The number of β-lactam (4-membered cyclic amide) rings is 1. The first-order valence-electron chi connectivity index (χ1n) is 10.2. The summed E-state index contributed by atoms with van der Waals surface area (Å²) in [6, 6.07) is 4.61. The third kappa shape index (κ3) is 4.72. The standard InChI is InChI=1S/C20H21N7O5S2/c1-10(2)32-24-12(15-23-20(21)34-25-15)16(28)22-13-17(29)27-14(19(30)31)11(9-33-18(13)27)8-26-6-4-3-5-7-26/h3-7,10,13,18H,8-9H2,1-2H3,(H3-,21,22,23,25,28,30,31)/p+1/b24-12-/t13?,18-/m1/s1. The third-order valence-corrected chi connectivity index (χ3v) is 6.79. The van der Waals surface area contributed by atoms with Gasteiger partial charge >= 0.3 is 5.97 Å². The highest BCUT2D eigenvalue weighted by atomic mass is 32.2. The van der Waals surface area contributed by atoms with Crippen LogP contribution in [0.5, 0.6) is 0 Å². The van der Waals surface area contributed by atoms with E-state index in [-0.39, 0.29) is 28.5 Å². The summed E-state index contributed by atoms with van der Waals surface area (Å²) in [4.78, 5) is 48.3. The molecule has 0 saturated carbocycles. The van der Waals surface area contributed by atoms with Crippen molar-refractivity contribution in [3.8, 4) is 0 Å². The van der Waals surface area contributed by atoms with Crippen molar-refractivity contribution in [1.29, 1.82) is 0 Å². The van der Waals surface area contributed by atoms with Gasteiger partial charge in [-0.1, -0.05) is 11.2 Å². The number of carboxylic acids is 1. The number of hydrogen-bond acceptors (Lipinski definition) is 10. The fourth-order valence-corrected chi connectivity index (χ4v) is 5.22. The third-order valence-electron chi connectivity index (χ3n) is 4.91. The molecule has 12 nitrogen and oxygen atoms in total. The quantitative estimate of drug-likeness (QED) is 0.194. The van der Waals surface area contributed by atoms with Crippen LogP contribution in [0, 0.1) is 0 Å². The molecule has 4 N–H and O–H groups in total. The number of aliphatic carboxylic acids is 1. The minimum Gasteiger partial charge on any atom is -0.477 e. The number of carbonyl (C=O) groups is 3. The maximum Gasteiger partial charge on any atom is 0.352 e. The molecule has 0 spiro atoms. The van der Waals surface area contributed by atoms with Crippen molar-refractivity contribution in [3.05, 3.63) is 47.7 Å². The zero-order valence-corrected chi connectivity index (χ0v) is 19.9. The topological polar surface area (TPSA) is 164 Å². The van der Waals surface area contributed by atoms with Crippen molar-refractivity contribution < 1.29 is 28.9 Å². The fourth-order valence-electron chi connectivity index (χ4n) is 3.45.